The van der Waals surface area contributed by atoms with E-state index < -0.39 is 0 Å². The highest BCUT2D eigenvalue weighted by molar-refractivity contribution is 5.75. The lowest BCUT2D eigenvalue weighted by Gasteiger charge is -2.26. The second-order valence-electron chi connectivity index (χ2n) is 9.37. The van der Waals surface area contributed by atoms with Crippen LogP contribution in [-0.2, 0) is 18.4 Å². The van der Waals surface area contributed by atoms with Crippen LogP contribution in [0.25, 0.3) is 22.4 Å². The topological polar surface area (TPSA) is 3.88 Å². The third-order valence-electron chi connectivity index (χ3n) is 7.61. The van der Waals surface area contributed by atoms with Gasteiger partial charge in [-0.2, -0.15) is 4.57 Å². The van der Waals surface area contributed by atoms with Crippen LogP contribution in [0.2, 0.25) is 0 Å². The highest BCUT2D eigenvalue weighted by Crippen LogP contribution is 2.37. The molecular formula is C30H38N+. The molecule has 1 nitrogen and oxygen atoms in total. The minimum atomic E-state index is 0.213. The average molecular weight is 413 g/mol. The molecule has 0 saturated carbocycles. The predicted molar refractivity (Wildman–Crippen MR) is 132 cm³/mol. The zero-order valence-electron chi connectivity index (χ0n) is 19.9. The third kappa shape index (κ3) is 4.20. The minimum absolute atomic E-state index is 0.213. The SMILES string of the molecule is CCCCCc1ccc(C)c(-c2ccc3c(c2)-c2cccc[n+]2C(CC)(CC)CC3)c1. The summed E-state index contributed by atoms with van der Waals surface area (Å²) in [5.74, 6) is 0. The van der Waals surface area contributed by atoms with E-state index in [0.29, 0.717) is 0 Å². The van der Waals surface area contributed by atoms with Gasteiger partial charge >= 0.3 is 0 Å². The molecule has 0 saturated heterocycles. The van der Waals surface area contributed by atoms with Gasteiger partial charge in [0.1, 0.15) is 0 Å². The summed E-state index contributed by atoms with van der Waals surface area (Å²) in [4.78, 5) is 0. The van der Waals surface area contributed by atoms with Gasteiger partial charge in [0.15, 0.2) is 11.7 Å². The Kier molecular flexibility index (Phi) is 6.60. The van der Waals surface area contributed by atoms with Crippen molar-refractivity contribution in [3.63, 3.8) is 0 Å². The Hall–Kier alpha value is -2.41. The Labute approximate surface area is 189 Å². The number of pyridine rings is 1. The number of fused-ring (bicyclic) bond motifs is 3. The van der Waals surface area contributed by atoms with Crippen molar-refractivity contribution < 1.29 is 4.57 Å². The van der Waals surface area contributed by atoms with Gasteiger partial charge in [0.25, 0.3) is 0 Å². The second-order valence-corrected chi connectivity index (χ2v) is 9.37. The van der Waals surface area contributed by atoms with Crippen molar-refractivity contribution in [1.29, 1.82) is 0 Å². The first-order chi connectivity index (χ1) is 15.1. The molecule has 0 amide bonds. The zero-order valence-corrected chi connectivity index (χ0v) is 19.9. The first-order valence-electron chi connectivity index (χ1n) is 12.4. The van der Waals surface area contributed by atoms with Crippen molar-refractivity contribution in [2.75, 3.05) is 0 Å². The molecule has 0 spiro atoms. The third-order valence-corrected chi connectivity index (χ3v) is 7.61. The monoisotopic (exact) mass is 412 g/mol. The smallest absolute Gasteiger partial charge is 0.193 e. The molecule has 1 aliphatic heterocycles. The van der Waals surface area contributed by atoms with Crippen LogP contribution in [0.5, 0.6) is 0 Å². The molecule has 0 unspecified atom stereocenters. The summed E-state index contributed by atoms with van der Waals surface area (Å²) in [6.07, 6.45) is 12.1. The van der Waals surface area contributed by atoms with Gasteiger partial charge in [-0.1, -0.05) is 63.9 Å². The van der Waals surface area contributed by atoms with Crippen molar-refractivity contribution >= 4 is 0 Å². The van der Waals surface area contributed by atoms with E-state index in [1.807, 2.05) is 0 Å². The summed E-state index contributed by atoms with van der Waals surface area (Å²) in [7, 11) is 0. The van der Waals surface area contributed by atoms with E-state index in [1.54, 1.807) is 0 Å². The van der Waals surface area contributed by atoms with E-state index in [1.165, 1.54) is 84.0 Å². The van der Waals surface area contributed by atoms with Gasteiger partial charge in [0, 0.05) is 37.0 Å². The molecule has 0 radical (unpaired) electrons. The molecule has 31 heavy (non-hydrogen) atoms. The Morgan fingerprint density at radius 3 is 2.48 bits per heavy atom. The van der Waals surface area contributed by atoms with Crippen molar-refractivity contribution in [3.05, 3.63) is 77.5 Å². The van der Waals surface area contributed by atoms with E-state index in [2.05, 4.69) is 93.1 Å². The molecule has 0 atom stereocenters. The number of hydrogen-bond acceptors (Lipinski definition) is 0. The maximum Gasteiger partial charge on any atom is 0.213 e. The van der Waals surface area contributed by atoms with Crippen molar-refractivity contribution in [2.24, 2.45) is 0 Å². The number of rotatable bonds is 7. The van der Waals surface area contributed by atoms with Crippen molar-refractivity contribution in [2.45, 2.75) is 84.6 Å². The summed E-state index contributed by atoms with van der Waals surface area (Å²) in [5.41, 5.74) is 10.1. The van der Waals surface area contributed by atoms with Crippen LogP contribution in [-0.4, -0.2) is 0 Å². The lowest BCUT2D eigenvalue weighted by Crippen LogP contribution is -2.56. The van der Waals surface area contributed by atoms with Gasteiger partial charge in [0.05, 0.1) is 0 Å². The van der Waals surface area contributed by atoms with Crippen LogP contribution in [0.15, 0.2) is 60.8 Å². The molecule has 0 fully saturated rings. The molecular weight excluding hydrogens is 374 g/mol. The maximum absolute atomic E-state index is 2.58. The van der Waals surface area contributed by atoms with E-state index in [9.17, 15) is 0 Å². The molecule has 1 aromatic heterocycles. The largest absolute Gasteiger partial charge is 0.213 e. The normalized spacial score (nSPS) is 14.6. The van der Waals surface area contributed by atoms with Crippen LogP contribution in [0.4, 0.5) is 0 Å². The summed E-state index contributed by atoms with van der Waals surface area (Å²) < 4.78 is 2.58. The van der Waals surface area contributed by atoms with E-state index in [-0.39, 0.29) is 5.54 Å². The van der Waals surface area contributed by atoms with Gasteiger partial charge < -0.3 is 0 Å². The highest BCUT2D eigenvalue weighted by atomic mass is 15.1. The number of hydrogen-bond donors (Lipinski definition) is 0. The molecule has 2 aromatic carbocycles. The fourth-order valence-electron chi connectivity index (χ4n) is 5.42. The molecule has 2 heterocycles. The Morgan fingerprint density at radius 1 is 0.871 bits per heavy atom. The highest BCUT2D eigenvalue weighted by Gasteiger charge is 2.40. The number of nitrogens with zero attached hydrogens (tertiary/aromatic N) is 1. The number of benzene rings is 2. The van der Waals surface area contributed by atoms with E-state index >= 15 is 0 Å². The van der Waals surface area contributed by atoms with Crippen LogP contribution in [0.1, 0.15) is 76.0 Å². The van der Waals surface area contributed by atoms with Crippen molar-refractivity contribution in [1.82, 2.24) is 0 Å². The Morgan fingerprint density at radius 2 is 1.71 bits per heavy atom. The summed E-state index contributed by atoms with van der Waals surface area (Å²) in [5, 5.41) is 0. The molecule has 162 valence electrons. The molecule has 0 N–H and O–H groups in total. The van der Waals surface area contributed by atoms with Crippen molar-refractivity contribution in [3.8, 4) is 22.4 Å². The summed E-state index contributed by atoms with van der Waals surface area (Å²) in [6, 6.07) is 21.0. The average Bonchev–Trinajstić information content (AvgIpc) is 2.95. The second kappa shape index (κ2) is 9.39. The number of aryl methyl sites for hydroxylation is 3. The van der Waals surface area contributed by atoms with Crippen LogP contribution in [0, 0.1) is 6.92 Å². The van der Waals surface area contributed by atoms with E-state index in [4.69, 9.17) is 0 Å². The van der Waals surface area contributed by atoms with Gasteiger partial charge in [0.2, 0.25) is 5.69 Å². The zero-order chi connectivity index (χ0) is 21.8. The summed E-state index contributed by atoms with van der Waals surface area (Å²) >= 11 is 0. The van der Waals surface area contributed by atoms with Crippen LogP contribution in [0.3, 0.4) is 0 Å². The quantitative estimate of drug-likeness (QED) is 0.275. The molecule has 3 aromatic rings. The molecule has 0 aliphatic carbocycles. The number of unbranched alkanes of at least 4 members (excludes halogenated alkanes) is 2. The Bertz CT molecular complexity index is 1040. The first-order valence-corrected chi connectivity index (χ1v) is 12.4. The molecule has 1 aliphatic rings. The first kappa shape index (κ1) is 21.8. The fourth-order valence-corrected chi connectivity index (χ4v) is 5.42. The summed E-state index contributed by atoms with van der Waals surface area (Å²) in [6.45, 7) is 9.22. The Balaban J connectivity index is 1.80. The van der Waals surface area contributed by atoms with Gasteiger partial charge in [-0.15, -0.1) is 0 Å². The van der Waals surface area contributed by atoms with Crippen LogP contribution < -0.4 is 4.57 Å². The van der Waals surface area contributed by atoms with Gasteiger partial charge in [-0.05, 0) is 66.1 Å². The number of aromatic nitrogens is 1. The predicted octanol–water partition coefficient (Wildman–Crippen LogP) is 7.81. The molecule has 4 rings (SSSR count). The standard InChI is InChI=1S/C30H38N/c1-5-8-9-12-24-15-14-23(4)27(21-24)26-17-16-25-18-19-30(6-2,7-3)31-20-11-10-13-29(31)28(25)22-26/h10-11,13-17,20-22H,5-9,12,18-19H2,1-4H3/q+1. The minimum Gasteiger partial charge on any atom is -0.193 e. The fraction of sp³-hybridized carbons (Fsp3) is 0.433. The molecule has 1 heteroatoms. The van der Waals surface area contributed by atoms with Gasteiger partial charge in [-0.3, -0.25) is 0 Å². The lowest BCUT2D eigenvalue weighted by molar-refractivity contribution is -0.757. The lowest BCUT2D eigenvalue weighted by atomic mass is 9.86. The van der Waals surface area contributed by atoms with Crippen LogP contribution >= 0.6 is 0 Å². The molecule has 0 bridgehead atoms. The van der Waals surface area contributed by atoms with Gasteiger partial charge in [-0.25, -0.2) is 0 Å². The van der Waals surface area contributed by atoms with E-state index in [0.717, 1.165) is 6.42 Å². The maximum atomic E-state index is 2.58.